The summed E-state index contributed by atoms with van der Waals surface area (Å²) < 4.78 is 32.4. The Labute approximate surface area is 118 Å². The Morgan fingerprint density at radius 1 is 1.40 bits per heavy atom. The average Bonchev–Trinajstić information content (AvgIpc) is 2.93. The van der Waals surface area contributed by atoms with Gasteiger partial charge in [-0.2, -0.15) is 8.42 Å². The quantitative estimate of drug-likeness (QED) is 0.856. The third-order valence-electron chi connectivity index (χ3n) is 2.61. The van der Waals surface area contributed by atoms with Crippen molar-refractivity contribution in [3.05, 3.63) is 36.3 Å². The number of hydrogen-bond donors (Lipinski definition) is 2. The summed E-state index contributed by atoms with van der Waals surface area (Å²) in [6.45, 7) is 4.44. The smallest absolute Gasteiger partial charge is 0.279 e. The van der Waals surface area contributed by atoms with Gasteiger partial charge in [0.25, 0.3) is 10.0 Å². The van der Waals surface area contributed by atoms with Crippen LogP contribution in [0.1, 0.15) is 18.9 Å². The number of nitrogens with zero attached hydrogens (tertiary/aromatic N) is 1. The number of benzene rings is 1. The van der Waals surface area contributed by atoms with E-state index < -0.39 is 10.0 Å². The van der Waals surface area contributed by atoms with Crippen molar-refractivity contribution in [2.24, 2.45) is 0 Å². The van der Waals surface area contributed by atoms with E-state index in [-0.39, 0.29) is 5.03 Å². The fourth-order valence-corrected chi connectivity index (χ4v) is 2.61. The van der Waals surface area contributed by atoms with Gasteiger partial charge in [0, 0.05) is 0 Å². The highest BCUT2D eigenvalue weighted by Crippen LogP contribution is 2.27. The molecule has 2 aromatic rings. The molecule has 0 amide bonds. The zero-order valence-corrected chi connectivity index (χ0v) is 12.2. The first-order valence-electron chi connectivity index (χ1n) is 6.27. The Morgan fingerprint density at radius 2 is 2.20 bits per heavy atom. The maximum absolute atomic E-state index is 12.1. The minimum absolute atomic E-state index is 0.0134. The molecule has 0 saturated carbocycles. The van der Waals surface area contributed by atoms with E-state index in [4.69, 9.17) is 4.74 Å². The molecule has 0 aliphatic rings. The highest BCUT2D eigenvalue weighted by atomic mass is 32.2. The number of sulfonamides is 1. The topological polar surface area (TPSA) is 84.1 Å². The van der Waals surface area contributed by atoms with Crippen LogP contribution in [0.25, 0.3) is 0 Å². The number of hydrogen-bond acceptors (Lipinski definition) is 4. The standard InChI is InChI=1S/C13H17N3O3S/c1-3-6-19-12-7-10(2)4-5-11(12)16-20(17,18)13-8-14-9-15-13/h4-5,7-9,16H,3,6H2,1-2H3,(H,14,15). The average molecular weight is 295 g/mol. The number of ether oxygens (including phenoxy) is 1. The van der Waals surface area contributed by atoms with Gasteiger partial charge >= 0.3 is 0 Å². The van der Waals surface area contributed by atoms with Gasteiger partial charge in [-0.05, 0) is 31.0 Å². The minimum atomic E-state index is -3.68. The van der Waals surface area contributed by atoms with Crippen molar-refractivity contribution in [3.8, 4) is 5.75 Å². The van der Waals surface area contributed by atoms with E-state index in [1.54, 1.807) is 12.1 Å². The predicted octanol–water partition coefficient (Wildman–Crippen LogP) is 2.31. The van der Waals surface area contributed by atoms with E-state index >= 15 is 0 Å². The first-order valence-corrected chi connectivity index (χ1v) is 7.76. The second-order valence-corrected chi connectivity index (χ2v) is 6.02. The molecule has 2 rings (SSSR count). The summed E-state index contributed by atoms with van der Waals surface area (Å²) in [5.41, 5.74) is 1.42. The predicted molar refractivity (Wildman–Crippen MR) is 76.4 cm³/mol. The number of aromatic amines is 1. The molecule has 2 N–H and O–H groups in total. The van der Waals surface area contributed by atoms with Crippen LogP contribution in [0.2, 0.25) is 0 Å². The molecular weight excluding hydrogens is 278 g/mol. The second kappa shape index (κ2) is 5.96. The fraction of sp³-hybridized carbons (Fsp3) is 0.308. The molecule has 6 nitrogen and oxygen atoms in total. The molecule has 0 bridgehead atoms. The first kappa shape index (κ1) is 14.4. The molecule has 0 unspecified atom stereocenters. The number of aryl methyl sites for hydroxylation is 1. The summed E-state index contributed by atoms with van der Waals surface area (Å²) in [6.07, 6.45) is 3.42. The third kappa shape index (κ3) is 3.30. The summed E-state index contributed by atoms with van der Waals surface area (Å²) >= 11 is 0. The van der Waals surface area contributed by atoms with Crippen LogP contribution in [0, 0.1) is 6.92 Å². The van der Waals surface area contributed by atoms with Gasteiger partial charge in [0.1, 0.15) is 5.75 Å². The second-order valence-electron chi connectivity index (χ2n) is 4.37. The van der Waals surface area contributed by atoms with Crippen molar-refractivity contribution in [2.75, 3.05) is 11.3 Å². The molecule has 7 heteroatoms. The van der Waals surface area contributed by atoms with Crippen molar-refractivity contribution in [3.63, 3.8) is 0 Å². The third-order valence-corrected chi connectivity index (χ3v) is 3.90. The molecule has 0 atom stereocenters. The molecule has 0 saturated heterocycles. The van der Waals surface area contributed by atoms with Crippen LogP contribution in [0.4, 0.5) is 5.69 Å². The molecule has 20 heavy (non-hydrogen) atoms. The lowest BCUT2D eigenvalue weighted by Gasteiger charge is -2.13. The van der Waals surface area contributed by atoms with Crippen LogP contribution in [0.3, 0.4) is 0 Å². The Hall–Kier alpha value is -2.02. The van der Waals surface area contributed by atoms with E-state index in [2.05, 4.69) is 14.7 Å². The summed E-state index contributed by atoms with van der Waals surface area (Å²) in [5, 5.41) is 0.0134. The number of imidazole rings is 1. The number of H-pyrrole nitrogens is 1. The molecule has 1 aromatic heterocycles. The summed E-state index contributed by atoms with van der Waals surface area (Å²) in [5.74, 6) is 0.523. The van der Waals surface area contributed by atoms with Gasteiger partial charge in [-0.3, -0.25) is 4.72 Å². The molecule has 0 spiro atoms. The zero-order chi connectivity index (χ0) is 14.6. The van der Waals surface area contributed by atoms with Crippen molar-refractivity contribution in [1.29, 1.82) is 0 Å². The Balaban J connectivity index is 2.29. The summed E-state index contributed by atoms with van der Waals surface area (Å²) in [4.78, 5) is 6.28. The molecule has 0 radical (unpaired) electrons. The van der Waals surface area contributed by atoms with E-state index in [1.807, 2.05) is 19.9 Å². The van der Waals surface area contributed by atoms with E-state index in [1.165, 1.54) is 12.5 Å². The van der Waals surface area contributed by atoms with E-state index in [0.717, 1.165) is 12.0 Å². The minimum Gasteiger partial charge on any atom is -0.491 e. The van der Waals surface area contributed by atoms with Crippen molar-refractivity contribution in [1.82, 2.24) is 9.97 Å². The molecule has 0 aliphatic heterocycles. The zero-order valence-electron chi connectivity index (χ0n) is 11.4. The normalized spacial score (nSPS) is 11.3. The van der Waals surface area contributed by atoms with Crippen LogP contribution in [-0.2, 0) is 10.0 Å². The van der Waals surface area contributed by atoms with Gasteiger partial charge < -0.3 is 9.72 Å². The summed E-state index contributed by atoms with van der Waals surface area (Å²) in [6, 6.07) is 5.32. The van der Waals surface area contributed by atoms with Crippen LogP contribution in [-0.4, -0.2) is 25.0 Å². The van der Waals surface area contributed by atoms with Gasteiger partial charge in [0.2, 0.25) is 0 Å². The van der Waals surface area contributed by atoms with Crippen molar-refractivity contribution < 1.29 is 13.2 Å². The van der Waals surface area contributed by atoms with Gasteiger partial charge in [0.15, 0.2) is 5.03 Å². The van der Waals surface area contributed by atoms with Gasteiger partial charge in [-0.1, -0.05) is 13.0 Å². The molecule has 0 fully saturated rings. The van der Waals surface area contributed by atoms with Crippen LogP contribution >= 0.6 is 0 Å². The number of rotatable bonds is 6. The van der Waals surface area contributed by atoms with E-state index in [9.17, 15) is 8.42 Å². The number of anilines is 1. The monoisotopic (exact) mass is 295 g/mol. The molecule has 1 aromatic carbocycles. The van der Waals surface area contributed by atoms with E-state index in [0.29, 0.717) is 18.0 Å². The fourth-order valence-electron chi connectivity index (χ4n) is 1.64. The van der Waals surface area contributed by atoms with Crippen LogP contribution in [0.5, 0.6) is 5.75 Å². The van der Waals surface area contributed by atoms with Crippen molar-refractivity contribution >= 4 is 15.7 Å². The van der Waals surface area contributed by atoms with Crippen molar-refractivity contribution in [2.45, 2.75) is 25.3 Å². The highest BCUT2D eigenvalue weighted by Gasteiger charge is 2.17. The lowest BCUT2D eigenvalue weighted by molar-refractivity contribution is 0.319. The lowest BCUT2D eigenvalue weighted by atomic mass is 10.2. The van der Waals surface area contributed by atoms with Crippen LogP contribution in [0.15, 0.2) is 35.7 Å². The van der Waals surface area contributed by atoms with Gasteiger partial charge in [0.05, 0.1) is 24.8 Å². The highest BCUT2D eigenvalue weighted by molar-refractivity contribution is 7.92. The Kier molecular flexibility index (Phi) is 4.29. The Bertz CT molecular complexity index is 666. The Morgan fingerprint density at radius 3 is 2.85 bits per heavy atom. The largest absolute Gasteiger partial charge is 0.491 e. The van der Waals surface area contributed by atoms with Gasteiger partial charge in [-0.15, -0.1) is 0 Å². The maximum Gasteiger partial charge on any atom is 0.279 e. The molecule has 108 valence electrons. The first-order chi connectivity index (χ1) is 9.53. The van der Waals surface area contributed by atoms with Crippen LogP contribution < -0.4 is 9.46 Å². The van der Waals surface area contributed by atoms with Gasteiger partial charge in [-0.25, -0.2) is 4.98 Å². The molecular formula is C13H17N3O3S. The summed E-state index contributed by atoms with van der Waals surface area (Å²) in [7, 11) is -3.68. The lowest BCUT2D eigenvalue weighted by Crippen LogP contribution is -2.14. The maximum atomic E-state index is 12.1. The number of nitrogens with one attached hydrogen (secondary N) is 2. The molecule has 0 aliphatic carbocycles. The SMILES string of the molecule is CCCOc1cc(C)ccc1NS(=O)(=O)c1cnc[nH]1. The molecule has 1 heterocycles. The number of aromatic nitrogens is 2.